The van der Waals surface area contributed by atoms with Crippen molar-refractivity contribution < 1.29 is 14.4 Å². The van der Waals surface area contributed by atoms with Crippen molar-refractivity contribution in [3.05, 3.63) is 0 Å². The zero-order chi connectivity index (χ0) is 14.5. The topological polar surface area (TPSA) is 60.9 Å². The van der Waals surface area contributed by atoms with Gasteiger partial charge in [-0.3, -0.25) is 14.5 Å². The molecule has 4 amide bonds. The van der Waals surface area contributed by atoms with Gasteiger partial charge in [0.15, 0.2) is 0 Å². The number of piperidine rings is 1. The maximum atomic E-state index is 12.2. The van der Waals surface area contributed by atoms with Crippen LogP contribution in [0.1, 0.15) is 33.1 Å². The van der Waals surface area contributed by atoms with E-state index in [2.05, 4.69) is 0 Å². The van der Waals surface area contributed by atoms with Crippen molar-refractivity contribution >= 4 is 17.8 Å². The molecule has 1 spiro atoms. The van der Waals surface area contributed by atoms with Crippen molar-refractivity contribution in [2.24, 2.45) is 5.41 Å². The number of carbonyl (C=O) groups is 3. The summed E-state index contributed by atoms with van der Waals surface area (Å²) < 4.78 is 0. The standard InChI is InChI=1S/C14H21N3O3/c1-3-16-12(19)11-8-14(9-17(11)13(16)20)4-6-15(7-5-14)10(2)18/h11H,3-9H2,1-2H3. The number of fused-ring (bicyclic) bond motifs is 1. The van der Waals surface area contributed by atoms with Crippen LogP contribution in [0, 0.1) is 5.41 Å². The maximum absolute atomic E-state index is 12.2. The van der Waals surface area contributed by atoms with Crippen molar-refractivity contribution in [1.29, 1.82) is 0 Å². The Hall–Kier alpha value is -1.59. The smallest absolute Gasteiger partial charge is 0.327 e. The lowest BCUT2D eigenvalue weighted by atomic mass is 9.76. The molecule has 3 saturated heterocycles. The first kappa shape index (κ1) is 13.4. The molecule has 3 aliphatic rings. The lowest BCUT2D eigenvalue weighted by molar-refractivity contribution is -0.131. The van der Waals surface area contributed by atoms with Crippen molar-refractivity contribution in [3.63, 3.8) is 0 Å². The predicted octanol–water partition coefficient (Wildman–Crippen LogP) is 0.671. The zero-order valence-electron chi connectivity index (χ0n) is 12.1. The summed E-state index contributed by atoms with van der Waals surface area (Å²) in [4.78, 5) is 40.8. The van der Waals surface area contributed by atoms with E-state index in [0.717, 1.165) is 32.4 Å². The van der Waals surface area contributed by atoms with Crippen LogP contribution in [-0.4, -0.2) is 64.8 Å². The minimum atomic E-state index is -0.258. The molecule has 0 aliphatic carbocycles. The molecule has 0 aromatic carbocycles. The van der Waals surface area contributed by atoms with Crippen LogP contribution in [0.4, 0.5) is 4.79 Å². The zero-order valence-corrected chi connectivity index (χ0v) is 12.1. The van der Waals surface area contributed by atoms with E-state index >= 15 is 0 Å². The lowest BCUT2D eigenvalue weighted by Gasteiger charge is -2.39. The molecule has 1 atom stereocenters. The molecule has 1 unspecified atom stereocenters. The van der Waals surface area contributed by atoms with Gasteiger partial charge in [-0.15, -0.1) is 0 Å². The highest BCUT2D eigenvalue weighted by Crippen LogP contribution is 2.46. The molecule has 0 saturated carbocycles. The maximum Gasteiger partial charge on any atom is 0.327 e. The lowest BCUT2D eigenvalue weighted by Crippen LogP contribution is -2.45. The van der Waals surface area contributed by atoms with Crippen LogP contribution >= 0.6 is 0 Å². The van der Waals surface area contributed by atoms with Crippen LogP contribution in [0.3, 0.4) is 0 Å². The number of likely N-dealkylation sites (tertiary alicyclic amines) is 1. The Morgan fingerprint density at radius 1 is 1.30 bits per heavy atom. The first-order valence-corrected chi connectivity index (χ1v) is 7.35. The quantitative estimate of drug-likeness (QED) is 0.663. The molecule has 0 aromatic heterocycles. The summed E-state index contributed by atoms with van der Waals surface area (Å²) in [7, 11) is 0. The van der Waals surface area contributed by atoms with Gasteiger partial charge in [-0.1, -0.05) is 0 Å². The Kier molecular flexibility index (Phi) is 2.99. The number of rotatable bonds is 1. The van der Waals surface area contributed by atoms with E-state index in [0.29, 0.717) is 13.1 Å². The van der Waals surface area contributed by atoms with Gasteiger partial charge in [0.05, 0.1) is 0 Å². The Balaban J connectivity index is 1.72. The highest BCUT2D eigenvalue weighted by atomic mass is 16.2. The van der Waals surface area contributed by atoms with Crippen LogP contribution in [-0.2, 0) is 9.59 Å². The van der Waals surface area contributed by atoms with Crippen molar-refractivity contribution in [3.8, 4) is 0 Å². The van der Waals surface area contributed by atoms with Crippen molar-refractivity contribution in [1.82, 2.24) is 14.7 Å². The second kappa shape index (κ2) is 4.46. The Morgan fingerprint density at radius 2 is 1.95 bits per heavy atom. The minimum absolute atomic E-state index is 0.0385. The van der Waals surface area contributed by atoms with Gasteiger partial charge in [0.2, 0.25) is 5.91 Å². The molecule has 3 heterocycles. The van der Waals surface area contributed by atoms with E-state index in [1.807, 2.05) is 11.8 Å². The molecule has 0 N–H and O–H groups in total. The van der Waals surface area contributed by atoms with Gasteiger partial charge in [0, 0.05) is 33.1 Å². The molecule has 110 valence electrons. The second-order valence-corrected chi connectivity index (χ2v) is 6.22. The number of imide groups is 1. The Morgan fingerprint density at radius 3 is 2.45 bits per heavy atom. The fraction of sp³-hybridized carbons (Fsp3) is 0.786. The summed E-state index contributed by atoms with van der Waals surface area (Å²) in [5.41, 5.74) is 0.0434. The summed E-state index contributed by atoms with van der Waals surface area (Å²) in [5.74, 6) is 0.0750. The van der Waals surface area contributed by atoms with E-state index in [4.69, 9.17) is 0 Å². The molecular weight excluding hydrogens is 258 g/mol. The van der Waals surface area contributed by atoms with Gasteiger partial charge in [0.1, 0.15) is 6.04 Å². The van der Waals surface area contributed by atoms with Gasteiger partial charge < -0.3 is 9.80 Å². The van der Waals surface area contributed by atoms with Gasteiger partial charge >= 0.3 is 6.03 Å². The van der Waals surface area contributed by atoms with Crippen molar-refractivity contribution in [2.45, 2.75) is 39.2 Å². The average molecular weight is 279 g/mol. The molecule has 0 radical (unpaired) electrons. The summed E-state index contributed by atoms with van der Waals surface area (Å²) in [5, 5.41) is 0. The number of urea groups is 1. The fourth-order valence-corrected chi connectivity index (χ4v) is 3.86. The predicted molar refractivity (Wildman–Crippen MR) is 71.8 cm³/mol. The highest BCUT2D eigenvalue weighted by Gasteiger charge is 2.55. The molecule has 6 nitrogen and oxygen atoms in total. The number of carbonyl (C=O) groups excluding carboxylic acids is 3. The molecule has 3 aliphatic heterocycles. The van der Waals surface area contributed by atoms with Gasteiger partial charge in [-0.2, -0.15) is 0 Å². The minimum Gasteiger partial charge on any atom is -0.343 e. The van der Waals surface area contributed by atoms with Gasteiger partial charge in [0.25, 0.3) is 5.91 Å². The molecule has 6 heteroatoms. The molecule has 20 heavy (non-hydrogen) atoms. The summed E-state index contributed by atoms with van der Waals surface area (Å²) in [6, 6.07) is -0.389. The largest absolute Gasteiger partial charge is 0.343 e. The van der Waals surface area contributed by atoms with Gasteiger partial charge in [-0.05, 0) is 31.6 Å². The van der Waals surface area contributed by atoms with Crippen LogP contribution < -0.4 is 0 Å². The number of nitrogens with zero attached hydrogens (tertiary/aromatic N) is 3. The number of amides is 4. The summed E-state index contributed by atoms with van der Waals surface area (Å²) >= 11 is 0. The van der Waals surface area contributed by atoms with Gasteiger partial charge in [-0.25, -0.2) is 4.79 Å². The first-order chi connectivity index (χ1) is 9.47. The Labute approximate surface area is 118 Å². The summed E-state index contributed by atoms with van der Waals surface area (Å²) in [6.07, 6.45) is 2.55. The number of likely N-dealkylation sites (N-methyl/N-ethyl adjacent to an activating group) is 1. The van der Waals surface area contributed by atoms with Crippen molar-refractivity contribution in [2.75, 3.05) is 26.2 Å². The molecule has 3 fully saturated rings. The van der Waals surface area contributed by atoms with E-state index in [1.54, 1.807) is 11.8 Å². The van der Waals surface area contributed by atoms with E-state index < -0.39 is 0 Å². The first-order valence-electron chi connectivity index (χ1n) is 7.35. The van der Waals surface area contributed by atoms with E-state index in [1.165, 1.54) is 4.90 Å². The molecular formula is C14H21N3O3. The third kappa shape index (κ3) is 1.81. The molecule has 3 rings (SSSR count). The third-order valence-corrected chi connectivity index (χ3v) is 5.12. The average Bonchev–Trinajstić information content (AvgIpc) is 2.88. The van der Waals surface area contributed by atoms with Crippen LogP contribution in [0.2, 0.25) is 0 Å². The summed E-state index contributed by atoms with van der Waals surface area (Å²) in [6.45, 7) is 6.04. The third-order valence-electron chi connectivity index (χ3n) is 5.12. The molecule has 0 aromatic rings. The number of hydrogen-bond acceptors (Lipinski definition) is 3. The second-order valence-electron chi connectivity index (χ2n) is 6.22. The monoisotopic (exact) mass is 279 g/mol. The molecule has 0 bridgehead atoms. The van der Waals surface area contributed by atoms with Crippen LogP contribution in [0.25, 0.3) is 0 Å². The normalized spacial score (nSPS) is 28.5. The SMILES string of the molecule is CCN1C(=O)C2CC3(CCN(C(C)=O)CC3)CN2C1=O. The van der Waals surface area contributed by atoms with E-state index in [9.17, 15) is 14.4 Å². The highest BCUT2D eigenvalue weighted by molar-refractivity contribution is 6.04. The number of hydrogen-bond donors (Lipinski definition) is 0. The van der Waals surface area contributed by atoms with Crippen LogP contribution in [0.15, 0.2) is 0 Å². The fourth-order valence-electron chi connectivity index (χ4n) is 3.86. The Bertz CT molecular complexity index is 442. The van der Waals surface area contributed by atoms with Crippen LogP contribution in [0.5, 0.6) is 0 Å². The van der Waals surface area contributed by atoms with E-state index in [-0.39, 0.29) is 29.3 Å².